The molecule has 20 heteroatoms. The van der Waals surface area contributed by atoms with Crippen molar-refractivity contribution in [1.29, 1.82) is 0 Å². The molecule has 1 aromatic carbocycles. The fraction of sp³-hybridized carbons (Fsp3) is 0.439. The first kappa shape index (κ1) is 49.7. The van der Waals surface area contributed by atoms with E-state index in [4.69, 9.17) is 27.9 Å². The summed E-state index contributed by atoms with van der Waals surface area (Å²) in [6.45, 7) is 4.44. The number of hydrogen-bond acceptors (Lipinski definition) is 9. The van der Waals surface area contributed by atoms with Crippen LogP contribution in [-0.2, 0) is 6.18 Å². The van der Waals surface area contributed by atoms with Crippen molar-refractivity contribution < 1.29 is 45.1 Å². The number of thioether (sulfide) groups is 2. The molecule has 2 fully saturated rings. The lowest BCUT2D eigenvalue weighted by molar-refractivity contribution is -0.137. The molecule has 1 saturated heterocycles. The molecule has 0 radical (unpaired) electrons. The Morgan fingerprint density at radius 1 is 0.787 bits per heavy atom. The topological polar surface area (TPSA) is 109 Å². The molecule has 4 aromatic rings. The molecule has 3 aromatic heterocycles. The van der Waals surface area contributed by atoms with E-state index in [1.165, 1.54) is 42.9 Å². The van der Waals surface area contributed by atoms with Crippen LogP contribution in [0.5, 0.6) is 5.88 Å². The van der Waals surface area contributed by atoms with Crippen molar-refractivity contribution in [1.82, 2.24) is 15.0 Å². The molecule has 332 valence electrons. The lowest BCUT2D eigenvalue weighted by atomic mass is 9.79. The van der Waals surface area contributed by atoms with Gasteiger partial charge in [-0.15, -0.1) is 23.5 Å². The van der Waals surface area contributed by atoms with Crippen molar-refractivity contribution in [3.63, 3.8) is 0 Å². The van der Waals surface area contributed by atoms with Gasteiger partial charge in [0.1, 0.15) is 10.8 Å². The van der Waals surface area contributed by atoms with Crippen LogP contribution in [0.3, 0.4) is 0 Å². The van der Waals surface area contributed by atoms with Gasteiger partial charge in [-0.05, 0) is 85.7 Å². The van der Waals surface area contributed by atoms with Gasteiger partial charge < -0.3 is 20.3 Å². The van der Waals surface area contributed by atoms with Gasteiger partial charge >= 0.3 is 6.18 Å². The van der Waals surface area contributed by atoms with E-state index in [-0.39, 0.29) is 65.6 Å². The molecular weight excluding hydrogens is 893 g/mol. The average Bonchev–Trinajstić information content (AvgIpc) is 3.41. The maximum Gasteiger partial charge on any atom is 0.417 e. The number of aromatic nitrogens is 3. The van der Waals surface area contributed by atoms with Crippen molar-refractivity contribution in [2.45, 2.75) is 92.8 Å². The van der Waals surface area contributed by atoms with Crippen molar-refractivity contribution >= 4 is 75.7 Å². The van der Waals surface area contributed by atoms with Gasteiger partial charge in [0, 0.05) is 68.1 Å². The minimum absolute atomic E-state index is 0.0158. The van der Waals surface area contributed by atoms with E-state index in [9.17, 15) is 40.3 Å². The van der Waals surface area contributed by atoms with Crippen LogP contribution in [0.15, 0.2) is 64.9 Å². The third-order valence-electron chi connectivity index (χ3n) is 9.63. The molecule has 0 unspecified atom stereocenters. The van der Waals surface area contributed by atoms with Gasteiger partial charge in [-0.25, -0.2) is 27.5 Å². The standard InChI is InChI=1S/C20H18ClF5N2OS.C19H21ClF2N4O2S.C2H6/c1-30-17-8-12(4-7-27-17)28-18(29)14-10-16(21)15(20(24,25)26)9-13(14)11-2-5-19(22,23)6-3-11;1-28-18-14(20)11-13(17(27)24-12-4-7-23-15(10-12)29-2)16(25-18)26-8-3-5-19(21,22)6-9-26;1-2/h4,7-11H,2-3,5-6H2,1H3,(H,27,28,29);4,7,10-11H,3,5-6,8-9H2,1-2H3,(H,23,24,27);1-2H3. The van der Waals surface area contributed by atoms with Gasteiger partial charge in [-0.3, -0.25) is 9.59 Å². The molecule has 1 aliphatic carbocycles. The maximum atomic E-state index is 13.8. The smallest absolute Gasteiger partial charge is 0.417 e. The van der Waals surface area contributed by atoms with Gasteiger partial charge in [0.2, 0.25) is 17.7 Å². The summed E-state index contributed by atoms with van der Waals surface area (Å²) in [4.78, 5) is 40.2. The summed E-state index contributed by atoms with van der Waals surface area (Å²) in [6.07, 6.45) is 0.940. The second-order valence-corrected chi connectivity index (χ2v) is 16.1. The average molecular weight is 938 g/mol. The molecule has 2 aliphatic rings. The predicted octanol–water partition coefficient (Wildman–Crippen LogP) is 12.8. The Hall–Kier alpha value is -4.00. The number of amides is 2. The fourth-order valence-corrected chi connectivity index (χ4v) is 7.90. The quantitative estimate of drug-likeness (QED) is 0.125. The number of carbonyl (C=O) groups excluding carboxylic acids is 2. The molecule has 2 N–H and O–H groups in total. The number of pyridine rings is 3. The van der Waals surface area contributed by atoms with Gasteiger partial charge in [0.05, 0.1) is 33.3 Å². The van der Waals surface area contributed by atoms with E-state index >= 15 is 0 Å². The summed E-state index contributed by atoms with van der Waals surface area (Å²) in [6, 6.07) is 9.83. The van der Waals surface area contributed by atoms with E-state index in [1.54, 1.807) is 41.6 Å². The molecule has 0 spiro atoms. The second kappa shape index (κ2) is 21.9. The van der Waals surface area contributed by atoms with Crippen LogP contribution in [0, 0.1) is 0 Å². The maximum absolute atomic E-state index is 13.8. The van der Waals surface area contributed by atoms with Crippen LogP contribution in [0.25, 0.3) is 0 Å². The first-order chi connectivity index (χ1) is 28.8. The second-order valence-electron chi connectivity index (χ2n) is 13.7. The van der Waals surface area contributed by atoms with Crippen LogP contribution in [0.2, 0.25) is 10.0 Å². The third kappa shape index (κ3) is 13.7. The number of nitrogens with one attached hydrogen (secondary N) is 2. The largest absolute Gasteiger partial charge is 0.480 e. The summed E-state index contributed by atoms with van der Waals surface area (Å²) >= 11 is 14.8. The van der Waals surface area contributed by atoms with Gasteiger partial charge in [0.15, 0.2) is 0 Å². The SMILES string of the molecule is CC.COc1nc(N2CCCC(F)(F)CC2)c(C(=O)Nc2ccnc(SC)c2)cc1Cl.CSc1cc(NC(=O)c2cc(Cl)c(C(F)(F)F)cc2C2CCC(F)(F)CC2)ccn1. The Balaban J connectivity index is 0.000000258. The van der Waals surface area contributed by atoms with Crippen LogP contribution in [-0.4, -0.2) is 71.3 Å². The summed E-state index contributed by atoms with van der Waals surface area (Å²) in [5.41, 5.74) is 0.126. The number of methoxy groups -OCH3 is 1. The van der Waals surface area contributed by atoms with Crippen LogP contribution >= 0.6 is 46.7 Å². The van der Waals surface area contributed by atoms with E-state index in [0.717, 1.165) is 17.2 Å². The fourth-order valence-electron chi connectivity index (χ4n) is 6.58. The number of carbonyl (C=O) groups is 2. The Kier molecular flexibility index (Phi) is 17.8. The summed E-state index contributed by atoms with van der Waals surface area (Å²) < 4.78 is 100.0. The number of anilines is 3. The van der Waals surface area contributed by atoms with E-state index in [0.29, 0.717) is 29.4 Å². The van der Waals surface area contributed by atoms with Crippen LogP contribution in [0.1, 0.15) is 96.6 Å². The molecular formula is C41H45Cl2F7N6O3S2. The highest BCUT2D eigenvalue weighted by Crippen LogP contribution is 2.45. The number of hydrogen-bond donors (Lipinski definition) is 2. The van der Waals surface area contributed by atoms with E-state index in [1.807, 2.05) is 20.1 Å². The molecule has 0 atom stereocenters. The third-order valence-corrected chi connectivity index (χ3v) is 11.5. The first-order valence-corrected chi connectivity index (χ1v) is 22.3. The Bertz CT molecular complexity index is 2140. The normalized spacial score (nSPS) is 16.2. The minimum atomic E-state index is -4.72. The van der Waals surface area contributed by atoms with E-state index in [2.05, 4.69) is 25.6 Å². The number of nitrogens with zero attached hydrogens (tertiary/aromatic N) is 4. The molecule has 6 rings (SSSR count). The summed E-state index contributed by atoms with van der Waals surface area (Å²) in [7, 11) is 1.41. The Morgan fingerprint density at radius 3 is 1.84 bits per heavy atom. The molecule has 4 heterocycles. The number of rotatable bonds is 9. The number of ether oxygens (including phenoxy) is 1. The Labute approximate surface area is 368 Å². The minimum Gasteiger partial charge on any atom is -0.480 e. The van der Waals surface area contributed by atoms with E-state index < -0.39 is 59.2 Å². The summed E-state index contributed by atoms with van der Waals surface area (Å²) in [5.74, 6) is -6.84. The lowest BCUT2D eigenvalue weighted by Crippen LogP contribution is -2.29. The summed E-state index contributed by atoms with van der Waals surface area (Å²) in [5, 5.41) is 6.39. The van der Waals surface area contributed by atoms with Crippen molar-refractivity contribution in [2.75, 3.05) is 48.2 Å². The van der Waals surface area contributed by atoms with Gasteiger partial charge in [-0.1, -0.05) is 37.0 Å². The number of alkyl halides is 7. The highest BCUT2D eigenvalue weighted by molar-refractivity contribution is 7.98. The predicted molar refractivity (Wildman–Crippen MR) is 229 cm³/mol. The molecule has 0 bridgehead atoms. The first-order valence-electron chi connectivity index (χ1n) is 19.1. The molecule has 61 heavy (non-hydrogen) atoms. The number of halogens is 9. The van der Waals surface area contributed by atoms with Gasteiger partial charge in [0.25, 0.3) is 11.8 Å². The van der Waals surface area contributed by atoms with Crippen molar-refractivity contribution in [3.05, 3.63) is 87.2 Å². The zero-order chi connectivity index (χ0) is 45.1. The molecule has 1 saturated carbocycles. The molecule has 1 aliphatic heterocycles. The molecule has 2 amide bonds. The highest BCUT2D eigenvalue weighted by Gasteiger charge is 2.40. The van der Waals surface area contributed by atoms with Gasteiger partial charge in [-0.2, -0.15) is 18.2 Å². The Morgan fingerprint density at radius 2 is 1.31 bits per heavy atom. The monoisotopic (exact) mass is 936 g/mol. The lowest BCUT2D eigenvalue weighted by Gasteiger charge is -2.30. The van der Waals surface area contributed by atoms with Crippen LogP contribution < -0.4 is 20.3 Å². The van der Waals surface area contributed by atoms with Crippen molar-refractivity contribution in [2.24, 2.45) is 0 Å². The number of benzene rings is 1. The molecule has 9 nitrogen and oxygen atoms in total. The van der Waals surface area contributed by atoms with Crippen molar-refractivity contribution in [3.8, 4) is 5.88 Å². The zero-order valence-corrected chi connectivity index (χ0v) is 37.0. The van der Waals surface area contributed by atoms with Crippen LogP contribution in [0.4, 0.5) is 47.9 Å². The highest BCUT2D eigenvalue weighted by atomic mass is 35.5. The zero-order valence-electron chi connectivity index (χ0n) is 33.9.